The number of phenolic OH excluding ortho intramolecular Hbond substituents is 1. The zero-order chi connectivity index (χ0) is 11.5. The average molecular weight is 202 g/mol. The normalized spacial score (nSPS) is 11.1. The van der Waals surface area contributed by atoms with Crippen molar-refractivity contribution in [1.29, 1.82) is 0 Å². The van der Waals surface area contributed by atoms with Gasteiger partial charge >= 0.3 is 0 Å². The maximum absolute atomic E-state index is 11.6. The van der Waals surface area contributed by atoms with Crippen LogP contribution in [-0.4, -0.2) is 9.67 Å². The van der Waals surface area contributed by atoms with E-state index in [9.17, 15) is 9.90 Å². The Hall–Kier alpha value is -2.03. The SMILES string of the molecule is [2H]Cc1ccc(=O)n(-c2cccc(O)c2)c1. The van der Waals surface area contributed by atoms with E-state index >= 15 is 0 Å². The number of nitrogens with zero attached hydrogens (tertiary/aromatic N) is 1. The zero-order valence-corrected chi connectivity index (χ0v) is 8.05. The molecule has 0 fully saturated rings. The third-order valence-electron chi connectivity index (χ3n) is 2.08. The molecule has 3 nitrogen and oxygen atoms in total. The third kappa shape index (κ3) is 1.91. The molecule has 0 atom stereocenters. The van der Waals surface area contributed by atoms with Crippen molar-refractivity contribution in [3.63, 3.8) is 0 Å². The van der Waals surface area contributed by atoms with Gasteiger partial charge < -0.3 is 5.11 Å². The van der Waals surface area contributed by atoms with Gasteiger partial charge in [-0.2, -0.15) is 0 Å². The van der Waals surface area contributed by atoms with Crippen LogP contribution in [-0.2, 0) is 0 Å². The molecule has 1 heterocycles. The maximum atomic E-state index is 11.6. The van der Waals surface area contributed by atoms with Gasteiger partial charge in [-0.1, -0.05) is 12.1 Å². The van der Waals surface area contributed by atoms with E-state index in [-0.39, 0.29) is 18.2 Å². The Morgan fingerprint density at radius 3 is 2.93 bits per heavy atom. The molecule has 1 N–H and O–H groups in total. The topological polar surface area (TPSA) is 42.2 Å². The van der Waals surface area contributed by atoms with Crippen molar-refractivity contribution in [2.75, 3.05) is 0 Å². The largest absolute Gasteiger partial charge is 0.508 e. The summed E-state index contributed by atoms with van der Waals surface area (Å²) >= 11 is 0. The summed E-state index contributed by atoms with van der Waals surface area (Å²) in [5, 5.41) is 9.34. The average Bonchev–Trinajstić information content (AvgIpc) is 2.30. The number of rotatable bonds is 1. The molecule has 76 valence electrons. The predicted molar refractivity (Wildman–Crippen MR) is 58.4 cm³/mol. The molecule has 0 radical (unpaired) electrons. The van der Waals surface area contributed by atoms with Crippen LogP contribution < -0.4 is 5.56 Å². The summed E-state index contributed by atoms with van der Waals surface area (Å²) in [5.74, 6) is 0.112. The van der Waals surface area contributed by atoms with Gasteiger partial charge in [-0.15, -0.1) is 0 Å². The lowest BCUT2D eigenvalue weighted by molar-refractivity contribution is 0.475. The van der Waals surface area contributed by atoms with Crippen molar-refractivity contribution in [3.05, 3.63) is 58.5 Å². The molecule has 2 rings (SSSR count). The Bertz CT molecular complexity index is 563. The fourth-order valence-corrected chi connectivity index (χ4v) is 1.38. The van der Waals surface area contributed by atoms with Crippen LogP contribution >= 0.6 is 0 Å². The second-order valence-electron chi connectivity index (χ2n) is 3.27. The summed E-state index contributed by atoms with van der Waals surface area (Å²) in [6.07, 6.45) is 1.62. The van der Waals surface area contributed by atoms with Gasteiger partial charge in [-0.25, -0.2) is 0 Å². The first-order valence-corrected chi connectivity index (χ1v) is 4.51. The molecule has 0 saturated heterocycles. The van der Waals surface area contributed by atoms with E-state index in [4.69, 9.17) is 1.37 Å². The van der Waals surface area contributed by atoms with Crippen molar-refractivity contribution in [2.45, 2.75) is 6.90 Å². The summed E-state index contributed by atoms with van der Waals surface area (Å²) in [6, 6.07) is 9.51. The van der Waals surface area contributed by atoms with E-state index in [1.807, 2.05) is 0 Å². The number of hydrogen-bond donors (Lipinski definition) is 1. The van der Waals surface area contributed by atoms with E-state index in [0.29, 0.717) is 5.69 Å². The third-order valence-corrected chi connectivity index (χ3v) is 2.08. The number of aromatic nitrogens is 1. The molecule has 0 aliphatic carbocycles. The van der Waals surface area contributed by atoms with Gasteiger partial charge in [0.05, 0.1) is 5.69 Å². The number of hydrogen-bond acceptors (Lipinski definition) is 2. The van der Waals surface area contributed by atoms with Gasteiger partial charge in [0.2, 0.25) is 0 Å². The maximum Gasteiger partial charge on any atom is 0.255 e. The van der Waals surface area contributed by atoms with Gasteiger partial charge in [0.1, 0.15) is 5.75 Å². The monoisotopic (exact) mass is 202 g/mol. The van der Waals surface area contributed by atoms with Gasteiger partial charge in [-0.3, -0.25) is 9.36 Å². The molecule has 0 saturated carbocycles. The highest BCUT2D eigenvalue weighted by molar-refractivity contribution is 5.39. The second kappa shape index (κ2) is 3.61. The fraction of sp³-hybridized carbons (Fsp3) is 0.0833. The number of aromatic hydroxyl groups is 1. The van der Waals surface area contributed by atoms with Crippen LogP contribution in [0.2, 0.25) is 0 Å². The standard InChI is InChI=1S/C12H11NO2/c1-9-5-6-12(15)13(8-9)10-3-2-4-11(14)7-10/h2-8,14H,1H3/i1D. The molecule has 2 aromatic rings. The van der Waals surface area contributed by atoms with Crippen LogP contribution in [0.25, 0.3) is 5.69 Å². The molecule has 0 unspecified atom stereocenters. The highest BCUT2D eigenvalue weighted by Gasteiger charge is 1.99. The van der Waals surface area contributed by atoms with Gasteiger partial charge in [0.25, 0.3) is 5.56 Å². The second-order valence-corrected chi connectivity index (χ2v) is 3.27. The minimum Gasteiger partial charge on any atom is -0.508 e. The van der Waals surface area contributed by atoms with E-state index < -0.39 is 0 Å². The van der Waals surface area contributed by atoms with Crippen LogP contribution in [0.3, 0.4) is 0 Å². The molecule has 3 heteroatoms. The van der Waals surface area contributed by atoms with Crippen molar-refractivity contribution in [3.8, 4) is 11.4 Å². The predicted octanol–water partition coefficient (Wildman–Crippen LogP) is 1.85. The summed E-state index contributed by atoms with van der Waals surface area (Å²) in [6.45, 7) is 0.124. The van der Waals surface area contributed by atoms with Crippen LogP contribution in [0, 0.1) is 6.90 Å². The highest BCUT2D eigenvalue weighted by Crippen LogP contribution is 2.13. The molecule has 0 amide bonds. The molecule has 15 heavy (non-hydrogen) atoms. The Balaban J connectivity index is 2.59. The quantitative estimate of drug-likeness (QED) is 0.766. The van der Waals surface area contributed by atoms with E-state index in [1.54, 1.807) is 30.5 Å². The van der Waals surface area contributed by atoms with Crippen LogP contribution in [0.15, 0.2) is 47.4 Å². The molecular weight excluding hydrogens is 190 g/mol. The van der Waals surface area contributed by atoms with E-state index in [2.05, 4.69) is 0 Å². The summed E-state index contributed by atoms with van der Waals surface area (Å²) in [4.78, 5) is 11.6. The number of phenols is 1. The van der Waals surface area contributed by atoms with Crippen molar-refractivity contribution >= 4 is 0 Å². The highest BCUT2D eigenvalue weighted by atomic mass is 16.3. The number of pyridine rings is 1. The van der Waals surface area contributed by atoms with Crippen molar-refractivity contribution in [1.82, 2.24) is 4.57 Å². The van der Waals surface area contributed by atoms with Crippen molar-refractivity contribution in [2.24, 2.45) is 0 Å². The molecule has 0 bridgehead atoms. The van der Waals surface area contributed by atoms with Crippen LogP contribution in [0.4, 0.5) is 0 Å². The molecule has 1 aromatic heterocycles. The van der Waals surface area contributed by atoms with Gasteiger partial charge in [0, 0.05) is 19.7 Å². The lowest BCUT2D eigenvalue weighted by Crippen LogP contribution is -2.16. The Morgan fingerprint density at radius 1 is 1.33 bits per heavy atom. The number of benzene rings is 1. The Labute approximate surface area is 88.6 Å². The Kier molecular flexibility index (Phi) is 2.00. The lowest BCUT2D eigenvalue weighted by Gasteiger charge is -2.06. The first-order chi connectivity index (χ1) is 7.70. The van der Waals surface area contributed by atoms with Gasteiger partial charge in [0.15, 0.2) is 0 Å². The molecule has 0 aliphatic heterocycles. The Morgan fingerprint density at radius 2 is 2.20 bits per heavy atom. The minimum atomic E-state index is -0.178. The summed E-state index contributed by atoms with van der Waals surface area (Å²) in [7, 11) is 0. The molecule has 0 spiro atoms. The first kappa shape index (κ1) is 8.29. The molecule has 1 aromatic carbocycles. The van der Waals surface area contributed by atoms with Crippen LogP contribution in [0.1, 0.15) is 6.93 Å². The van der Waals surface area contributed by atoms with Crippen LogP contribution in [0.5, 0.6) is 5.75 Å². The molecule has 0 aliphatic rings. The minimum absolute atomic E-state index is 0.112. The molecular formula is C12H11NO2. The number of aryl methyl sites for hydroxylation is 1. The summed E-state index contributed by atoms with van der Waals surface area (Å²) < 4.78 is 8.67. The van der Waals surface area contributed by atoms with Gasteiger partial charge in [-0.05, 0) is 24.6 Å². The van der Waals surface area contributed by atoms with Crippen molar-refractivity contribution < 1.29 is 6.48 Å². The zero-order valence-electron chi connectivity index (χ0n) is 9.05. The smallest absolute Gasteiger partial charge is 0.255 e. The summed E-state index contributed by atoms with van der Waals surface area (Å²) in [5.41, 5.74) is 1.17. The fourth-order valence-electron chi connectivity index (χ4n) is 1.38. The first-order valence-electron chi connectivity index (χ1n) is 5.21. The van der Waals surface area contributed by atoms with E-state index in [0.717, 1.165) is 5.56 Å². The van der Waals surface area contributed by atoms with E-state index in [1.165, 1.54) is 16.7 Å². The lowest BCUT2D eigenvalue weighted by atomic mass is 10.2.